The van der Waals surface area contributed by atoms with E-state index < -0.39 is 7.82 Å². The summed E-state index contributed by atoms with van der Waals surface area (Å²) < 4.78 is 14.8. The number of rotatable bonds is 34. The molecule has 0 bridgehead atoms. The molecule has 63 heavy (non-hydrogen) atoms. The van der Waals surface area contributed by atoms with Crippen molar-refractivity contribution in [2.45, 2.75) is 218 Å². The second-order valence-corrected chi connectivity index (χ2v) is 19.4. The fraction of sp³-hybridized carbons (Fsp3) is 0.607. The van der Waals surface area contributed by atoms with Crippen molar-refractivity contribution in [1.82, 2.24) is 0 Å². The van der Waals surface area contributed by atoms with E-state index in [-0.39, 0.29) is 65.7 Å². The predicted molar refractivity (Wildman–Crippen MR) is 268 cm³/mol. The first-order valence-electron chi connectivity index (χ1n) is 23.7. The fourth-order valence-electron chi connectivity index (χ4n) is 6.98. The van der Waals surface area contributed by atoms with Gasteiger partial charge in [-0.3, -0.25) is 0 Å². The Morgan fingerprint density at radius 1 is 0.333 bits per heavy atom. The monoisotopic (exact) mass is 905 g/mol. The van der Waals surface area contributed by atoms with E-state index in [0.717, 1.165) is 108 Å². The maximum absolute atomic E-state index is 10.6. The van der Waals surface area contributed by atoms with Gasteiger partial charge in [-0.25, -0.2) is 0 Å². The first-order chi connectivity index (χ1) is 28.9. The van der Waals surface area contributed by atoms with Gasteiger partial charge in [-0.15, -0.1) is 0 Å². The number of hydrogen-bond acceptors (Lipinski definition) is 4. The summed E-state index contributed by atoms with van der Waals surface area (Å²) in [5, 5.41) is 0. The Morgan fingerprint density at radius 3 is 0.778 bits per heavy atom. The summed E-state index contributed by atoms with van der Waals surface area (Å²) in [4.78, 5) is 21.1. The molecule has 0 radical (unpaired) electrons. The van der Waals surface area contributed by atoms with Gasteiger partial charge in [0, 0.05) is 0 Å². The van der Waals surface area contributed by atoms with E-state index in [0.29, 0.717) is 0 Å². The third kappa shape index (κ3) is 47.5. The SMILES string of the molecule is CC(C)=CCC/C(C)=C/CC/C(C)=C/CC/C(C)=C/CC/C(C)=C\CC/C(C)=C\CC/C(C)=C/CCC/C(C)=C\CC/C(C)=C\CC/C(C)=C\CC/C(C)=C\COP(=O)([O-])[O-].[Na+].[Na+]. The number of phosphoric ester groups is 1. The van der Waals surface area contributed by atoms with Gasteiger partial charge in [-0.1, -0.05) is 128 Å². The maximum atomic E-state index is 10.6. The molecule has 0 atom stereocenters. The number of hydrogen-bond donors (Lipinski definition) is 0. The van der Waals surface area contributed by atoms with Crippen LogP contribution in [0.2, 0.25) is 0 Å². The van der Waals surface area contributed by atoms with E-state index in [1.165, 1.54) is 87.8 Å². The van der Waals surface area contributed by atoms with Gasteiger partial charge in [0.05, 0.1) is 14.4 Å². The van der Waals surface area contributed by atoms with Crippen LogP contribution >= 0.6 is 7.82 Å². The minimum Gasteiger partial charge on any atom is -0.790 e. The summed E-state index contributed by atoms with van der Waals surface area (Å²) in [5.74, 6) is 0. The van der Waals surface area contributed by atoms with Crippen LogP contribution in [0.1, 0.15) is 218 Å². The summed E-state index contributed by atoms with van der Waals surface area (Å²) in [6.07, 6.45) is 49.2. The van der Waals surface area contributed by atoms with Crippen molar-refractivity contribution in [1.29, 1.82) is 0 Å². The Labute approximate surface area is 434 Å². The quantitative estimate of drug-likeness (QED) is 0.0279. The molecule has 0 aliphatic heterocycles. The van der Waals surface area contributed by atoms with Crippen LogP contribution in [0.15, 0.2) is 128 Å². The van der Waals surface area contributed by atoms with Gasteiger partial charge in [0.15, 0.2) is 0 Å². The number of allylic oxidation sites excluding steroid dienone is 21. The molecular weight excluding hydrogens is 814 g/mol. The molecule has 0 saturated heterocycles. The molecule has 0 heterocycles. The molecule has 0 aromatic carbocycles. The van der Waals surface area contributed by atoms with Crippen LogP contribution in [-0.2, 0) is 9.09 Å². The molecule has 0 N–H and O–H groups in total. The Balaban J connectivity index is -0.0000180. The first kappa shape index (κ1) is 66.5. The van der Waals surface area contributed by atoms with Crippen LogP contribution in [0.3, 0.4) is 0 Å². The summed E-state index contributed by atoms with van der Waals surface area (Å²) in [7, 11) is -4.90. The summed E-state index contributed by atoms with van der Waals surface area (Å²) >= 11 is 0. The smallest absolute Gasteiger partial charge is 0.790 e. The van der Waals surface area contributed by atoms with Crippen molar-refractivity contribution in [3.05, 3.63) is 128 Å². The van der Waals surface area contributed by atoms with E-state index in [2.05, 4.69) is 141 Å². The van der Waals surface area contributed by atoms with Gasteiger partial charge in [-0.05, 0) is 218 Å². The van der Waals surface area contributed by atoms with Gasteiger partial charge in [-0.2, -0.15) is 0 Å². The van der Waals surface area contributed by atoms with E-state index in [9.17, 15) is 14.4 Å². The molecular formula is C56H91Na2O4P. The topological polar surface area (TPSA) is 72.4 Å². The van der Waals surface area contributed by atoms with E-state index in [4.69, 9.17) is 0 Å². The van der Waals surface area contributed by atoms with Gasteiger partial charge in [0.25, 0.3) is 0 Å². The maximum Gasteiger partial charge on any atom is 1.00 e. The second-order valence-electron chi connectivity index (χ2n) is 18.3. The summed E-state index contributed by atoms with van der Waals surface area (Å²) in [6, 6.07) is 0. The fourth-order valence-corrected chi connectivity index (χ4v) is 7.24. The zero-order chi connectivity index (χ0) is 45.9. The minimum absolute atomic E-state index is 0. The number of phosphoric acid groups is 1. The molecule has 7 heteroatoms. The second kappa shape index (κ2) is 42.6. The third-order valence-corrected chi connectivity index (χ3v) is 11.7. The molecule has 0 rings (SSSR count). The molecule has 346 valence electrons. The van der Waals surface area contributed by atoms with Crippen molar-refractivity contribution in [3.63, 3.8) is 0 Å². The molecule has 0 spiro atoms. The third-order valence-electron chi connectivity index (χ3n) is 11.3. The van der Waals surface area contributed by atoms with E-state index in [1.807, 2.05) is 6.92 Å². The largest absolute Gasteiger partial charge is 1.00 e. The van der Waals surface area contributed by atoms with E-state index in [1.54, 1.807) is 6.08 Å². The molecule has 0 aliphatic rings. The van der Waals surface area contributed by atoms with Crippen LogP contribution in [-0.4, -0.2) is 6.61 Å². The van der Waals surface area contributed by atoms with Crippen LogP contribution < -0.4 is 68.9 Å². The van der Waals surface area contributed by atoms with Gasteiger partial charge >= 0.3 is 59.1 Å². The zero-order valence-electron chi connectivity index (χ0n) is 43.5. The number of unbranched alkanes of at least 4 members (excludes halogenated alkanes) is 1. The first-order valence-corrected chi connectivity index (χ1v) is 25.2. The molecule has 0 unspecified atom stereocenters. The Bertz CT molecular complexity index is 1630. The van der Waals surface area contributed by atoms with Crippen molar-refractivity contribution in [2.75, 3.05) is 6.61 Å². The van der Waals surface area contributed by atoms with Crippen LogP contribution in [0, 0.1) is 0 Å². The molecule has 0 fully saturated rings. The van der Waals surface area contributed by atoms with Gasteiger partial charge in [0.1, 0.15) is 0 Å². The van der Waals surface area contributed by atoms with Crippen molar-refractivity contribution in [3.8, 4) is 0 Å². The standard InChI is InChI=1S/C56H93O4P.2Na/c1-46(2)24-15-27-49(5)30-18-33-52(8)36-20-38-54(10)40-21-39-53(9)37-19-34-50(6)31-16-28-47(3)25-13-14-26-48(4)29-17-32-51(7)35-22-41-55(11)42-23-43-56(12)44-45-60-61(57,58)59;;/h24-25,29-31,35-37,40,42,44H,13-23,26-28,32-34,38-39,41,43,45H2,1-12H3,(H2,57,58,59);;/q;2*+1/p-2/b47-25+,48-29-,49-30+,50-31-,51-35-,52-36+,53-37-,54-40+,55-42-,56-44-;;. The minimum atomic E-state index is -4.90. The van der Waals surface area contributed by atoms with Crippen molar-refractivity contribution >= 4 is 7.82 Å². The summed E-state index contributed by atoms with van der Waals surface area (Å²) in [6.45, 7) is 26.5. The zero-order valence-corrected chi connectivity index (χ0v) is 48.4. The Kier molecular flexibility index (Phi) is 45.0. The van der Waals surface area contributed by atoms with E-state index >= 15 is 0 Å². The van der Waals surface area contributed by atoms with Crippen LogP contribution in [0.4, 0.5) is 0 Å². The molecule has 0 aliphatic carbocycles. The van der Waals surface area contributed by atoms with Crippen LogP contribution in [0.5, 0.6) is 0 Å². The molecule has 4 nitrogen and oxygen atoms in total. The molecule has 0 aromatic heterocycles. The molecule has 0 saturated carbocycles. The average molecular weight is 905 g/mol. The Hall–Kier alpha value is -0.750. The average Bonchev–Trinajstić information content (AvgIpc) is 3.16. The summed E-state index contributed by atoms with van der Waals surface area (Å²) in [5.41, 5.74) is 15.9. The molecule has 0 amide bonds. The van der Waals surface area contributed by atoms with Gasteiger partial charge < -0.3 is 18.9 Å². The van der Waals surface area contributed by atoms with Crippen LogP contribution in [0.25, 0.3) is 0 Å². The van der Waals surface area contributed by atoms with Crippen molar-refractivity contribution in [2.24, 2.45) is 0 Å². The van der Waals surface area contributed by atoms with Gasteiger partial charge in [0.2, 0.25) is 0 Å². The molecule has 0 aromatic rings. The normalized spacial score (nSPS) is 14.5. The Morgan fingerprint density at radius 2 is 0.540 bits per heavy atom. The van der Waals surface area contributed by atoms with Crippen molar-refractivity contribution < 1.29 is 78.0 Å². The predicted octanol–water partition coefficient (Wildman–Crippen LogP) is 11.5.